The molecule has 0 aliphatic rings. The van der Waals surface area contributed by atoms with Crippen molar-refractivity contribution in [2.75, 3.05) is 0 Å². The van der Waals surface area contributed by atoms with E-state index in [1.165, 1.54) is 10.6 Å². The zero-order valence-electron chi connectivity index (χ0n) is 8.97. The third-order valence-electron chi connectivity index (χ3n) is 2.48. The fraction of sp³-hybridized carbons (Fsp3) is 0.364. The number of hydrogen-bond donors (Lipinski definition) is 1. The lowest BCUT2D eigenvalue weighted by Gasteiger charge is -2.11. The molecule has 15 heavy (non-hydrogen) atoms. The molecule has 4 heteroatoms. The van der Waals surface area contributed by atoms with Crippen LogP contribution in [-0.4, -0.2) is 9.78 Å². The average Bonchev–Trinajstić information content (AvgIpc) is 2.85. The third-order valence-corrected chi connectivity index (χ3v) is 3.54. The topological polar surface area (TPSA) is 29.9 Å². The van der Waals surface area contributed by atoms with Crippen LogP contribution in [0.3, 0.4) is 0 Å². The second-order valence-electron chi connectivity index (χ2n) is 3.56. The highest BCUT2D eigenvalue weighted by Gasteiger charge is 2.06. The normalized spacial score (nSPS) is 12.9. The minimum atomic E-state index is 0.403. The van der Waals surface area contributed by atoms with E-state index < -0.39 is 0 Å². The number of hydrogen-bond acceptors (Lipinski definition) is 3. The van der Waals surface area contributed by atoms with Gasteiger partial charge in [0.05, 0.1) is 5.69 Å². The number of nitrogens with one attached hydrogen (secondary N) is 1. The number of aromatic nitrogens is 2. The van der Waals surface area contributed by atoms with Gasteiger partial charge in [-0.05, 0) is 24.4 Å². The van der Waals surface area contributed by atoms with Crippen molar-refractivity contribution in [3.05, 3.63) is 40.3 Å². The van der Waals surface area contributed by atoms with Gasteiger partial charge in [0.1, 0.15) is 0 Å². The molecule has 2 rings (SSSR count). The Balaban J connectivity index is 1.91. The zero-order chi connectivity index (χ0) is 10.7. The molecule has 1 atom stereocenters. The Kier molecular flexibility index (Phi) is 3.18. The minimum absolute atomic E-state index is 0.403. The van der Waals surface area contributed by atoms with E-state index in [-0.39, 0.29) is 0 Å². The number of nitrogens with zero attached hydrogens (tertiary/aromatic N) is 2. The molecular formula is C11H15N3S. The number of aryl methyl sites for hydroxylation is 1. The Labute approximate surface area is 93.7 Å². The van der Waals surface area contributed by atoms with Crippen molar-refractivity contribution in [2.24, 2.45) is 7.05 Å². The molecule has 0 saturated heterocycles. The van der Waals surface area contributed by atoms with E-state index >= 15 is 0 Å². The minimum Gasteiger partial charge on any atom is -0.304 e. The average molecular weight is 221 g/mol. The van der Waals surface area contributed by atoms with Gasteiger partial charge in [-0.1, -0.05) is 6.07 Å². The first-order valence-corrected chi connectivity index (χ1v) is 5.89. The van der Waals surface area contributed by atoms with E-state index in [9.17, 15) is 0 Å². The fourth-order valence-electron chi connectivity index (χ4n) is 1.47. The maximum absolute atomic E-state index is 4.14. The molecule has 0 aliphatic heterocycles. The summed E-state index contributed by atoms with van der Waals surface area (Å²) in [6.07, 6.45) is 1.83. The quantitative estimate of drug-likeness (QED) is 0.858. The summed E-state index contributed by atoms with van der Waals surface area (Å²) in [5, 5.41) is 9.72. The largest absolute Gasteiger partial charge is 0.304 e. The molecule has 0 bridgehead atoms. The Morgan fingerprint density at radius 1 is 1.53 bits per heavy atom. The summed E-state index contributed by atoms with van der Waals surface area (Å²) in [6, 6.07) is 6.68. The molecule has 1 N–H and O–H groups in total. The zero-order valence-corrected chi connectivity index (χ0v) is 9.79. The lowest BCUT2D eigenvalue weighted by molar-refractivity contribution is 0.554. The van der Waals surface area contributed by atoms with Crippen molar-refractivity contribution >= 4 is 11.3 Å². The van der Waals surface area contributed by atoms with Crippen LogP contribution in [0.25, 0.3) is 0 Å². The Bertz CT molecular complexity index is 405. The standard InChI is InChI=1S/C11H15N3S/c1-9(11-4-3-7-15-11)12-8-10-5-6-13-14(10)2/h3-7,9,12H,8H2,1-2H3/t9-/m0/s1. The van der Waals surface area contributed by atoms with Crippen LogP contribution in [0, 0.1) is 0 Å². The van der Waals surface area contributed by atoms with Crippen molar-refractivity contribution in [3.8, 4) is 0 Å². The highest BCUT2D eigenvalue weighted by Crippen LogP contribution is 2.18. The van der Waals surface area contributed by atoms with Crippen LogP contribution in [0.4, 0.5) is 0 Å². The van der Waals surface area contributed by atoms with E-state index in [4.69, 9.17) is 0 Å². The highest BCUT2D eigenvalue weighted by molar-refractivity contribution is 7.10. The maximum atomic E-state index is 4.14. The third kappa shape index (κ3) is 2.46. The van der Waals surface area contributed by atoms with Gasteiger partial charge in [0.2, 0.25) is 0 Å². The lowest BCUT2D eigenvalue weighted by Crippen LogP contribution is -2.18. The summed E-state index contributed by atoms with van der Waals surface area (Å²) in [6.45, 7) is 3.04. The first-order chi connectivity index (χ1) is 7.27. The lowest BCUT2D eigenvalue weighted by atomic mass is 10.2. The Morgan fingerprint density at radius 3 is 3.00 bits per heavy atom. The Hall–Kier alpha value is -1.13. The predicted octanol–water partition coefficient (Wildman–Crippen LogP) is 2.33. The van der Waals surface area contributed by atoms with Crippen LogP contribution >= 0.6 is 11.3 Å². The summed E-state index contributed by atoms with van der Waals surface area (Å²) in [7, 11) is 1.97. The highest BCUT2D eigenvalue weighted by atomic mass is 32.1. The van der Waals surface area contributed by atoms with E-state index in [0.717, 1.165) is 6.54 Å². The van der Waals surface area contributed by atoms with Crippen LogP contribution < -0.4 is 5.32 Å². The molecule has 0 aromatic carbocycles. The van der Waals surface area contributed by atoms with Crippen molar-refractivity contribution in [3.63, 3.8) is 0 Å². The smallest absolute Gasteiger partial charge is 0.0518 e. The van der Waals surface area contributed by atoms with Gasteiger partial charge < -0.3 is 5.32 Å². The van der Waals surface area contributed by atoms with Gasteiger partial charge in [-0.15, -0.1) is 11.3 Å². The Morgan fingerprint density at radius 2 is 2.40 bits per heavy atom. The molecule has 2 aromatic rings. The summed E-state index contributed by atoms with van der Waals surface area (Å²) in [5.74, 6) is 0. The molecule has 0 fully saturated rings. The van der Waals surface area contributed by atoms with Crippen LogP contribution in [0.1, 0.15) is 23.5 Å². The summed E-state index contributed by atoms with van der Waals surface area (Å²) in [5.41, 5.74) is 1.21. The maximum Gasteiger partial charge on any atom is 0.0518 e. The molecule has 80 valence electrons. The molecule has 2 heterocycles. The summed E-state index contributed by atoms with van der Waals surface area (Å²) < 4.78 is 1.90. The van der Waals surface area contributed by atoms with E-state index in [1.54, 1.807) is 11.3 Å². The molecule has 0 unspecified atom stereocenters. The van der Waals surface area contributed by atoms with Crippen LogP contribution in [0.5, 0.6) is 0 Å². The molecule has 0 aliphatic carbocycles. The van der Waals surface area contributed by atoms with E-state index in [0.29, 0.717) is 6.04 Å². The summed E-state index contributed by atoms with van der Waals surface area (Å²) in [4.78, 5) is 1.37. The first-order valence-electron chi connectivity index (χ1n) is 5.01. The van der Waals surface area contributed by atoms with Gasteiger partial charge >= 0.3 is 0 Å². The van der Waals surface area contributed by atoms with Crippen molar-refractivity contribution in [1.29, 1.82) is 0 Å². The molecule has 2 aromatic heterocycles. The van der Waals surface area contributed by atoms with Gasteiger partial charge in [-0.25, -0.2) is 0 Å². The van der Waals surface area contributed by atoms with E-state index in [1.807, 2.05) is 24.0 Å². The second kappa shape index (κ2) is 4.59. The number of thiophene rings is 1. The van der Waals surface area contributed by atoms with Gasteiger partial charge in [0.15, 0.2) is 0 Å². The van der Waals surface area contributed by atoms with Crippen LogP contribution in [-0.2, 0) is 13.6 Å². The number of rotatable bonds is 4. The molecule has 0 amide bonds. The molecular weight excluding hydrogens is 206 g/mol. The van der Waals surface area contributed by atoms with Gasteiger partial charge in [0.25, 0.3) is 0 Å². The summed E-state index contributed by atoms with van der Waals surface area (Å²) >= 11 is 1.79. The SMILES string of the molecule is C[C@H](NCc1ccnn1C)c1cccs1. The predicted molar refractivity (Wildman–Crippen MR) is 62.8 cm³/mol. The monoisotopic (exact) mass is 221 g/mol. The van der Waals surface area contributed by atoms with Crippen LogP contribution in [0.15, 0.2) is 29.8 Å². The molecule has 3 nitrogen and oxygen atoms in total. The van der Waals surface area contributed by atoms with Gasteiger partial charge in [-0.3, -0.25) is 4.68 Å². The first kappa shape index (κ1) is 10.4. The van der Waals surface area contributed by atoms with Crippen molar-refractivity contribution < 1.29 is 0 Å². The molecule has 0 radical (unpaired) electrons. The van der Waals surface area contributed by atoms with Crippen molar-refractivity contribution in [2.45, 2.75) is 19.5 Å². The van der Waals surface area contributed by atoms with Crippen LogP contribution in [0.2, 0.25) is 0 Å². The molecule has 0 spiro atoms. The van der Waals surface area contributed by atoms with Crippen molar-refractivity contribution in [1.82, 2.24) is 15.1 Å². The second-order valence-corrected chi connectivity index (χ2v) is 4.54. The molecule has 0 saturated carbocycles. The fourth-order valence-corrected chi connectivity index (χ4v) is 2.23. The van der Waals surface area contributed by atoms with Gasteiger partial charge in [-0.2, -0.15) is 5.10 Å². The van der Waals surface area contributed by atoms with Gasteiger partial charge in [0, 0.05) is 30.7 Å². The van der Waals surface area contributed by atoms with E-state index in [2.05, 4.69) is 34.9 Å².